The van der Waals surface area contributed by atoms with Crippen molar-refractivity contribution in [3.05, 3.63) is 35.9 Å². The van der Waals surface area contributed by atoms with E-state index in [2.05, 4.69) is 16.0 Å². The third kappa shape index (κ3) is 11.2. The zero-order chi connectivity index (χ0) is 26.4. The number of benzene rings is 1. The van der Waals surface area contributed by atoms with Crippen molar-refractivity contribution in [3.63, 3.8) is 0 Å². The average Bonchev–Trinajstić information content (AvgIpc) is 2.82. The van der Waals surface area contributed by atoms with Crippen molar-refractivity contribution in [2.24, 2.45) is 5.73 Å². The molecule has 4 unspecified atom stereocenters. The van der Waals surface area contributed by atoms with E-state index in [-0.39, 0.29) is 12.8 Å². The number of aliphatic hydroxyl groups excluding tert-OH is 1. The molecule has 0 aromatic heterocycles. The van der Waals surface area contributed by atoms with E-state index in [4.69, 9.17) is 10.8 Å². The first-order chi connectivity index (χ1) is 16.6. The Balaban J connectivity index is 2.87. The number of nitrogens with one attached hydrogen (secondary N) is 3. The molecule has 12 nitrogen and oxygen atoms in total. The smallest absolute Gasteiger partial charge is 0.326 e. The molecule has 1 aromatic carbocycles. The third-order valence-electron chi connectivity index (χ3n) is 4.96. The summed E-state index contributed by atoms with van der Waals surface area (Å²) in [6, 6.07) is 3.44. The number of carbonyl (C=O) groups excluding carboxylic acids is 3. The number of carboxylic acids is 2. The maximum atomic E-state index is 12.7. The van der Waals surface area contributed by atoms with Gasteiger partial charge in [0.1, 0.15) is 18.1 Å². The molecule has 0 radical (unpaired) electrons. The van der Waals surface area contributed by atoms with Crippen molar-refractivity contribution >= 4 is 41.4 Å². The number of amides is 3. The molecule has 1 aromatic rings. The Hall–Kier alpha value is -3.16. The van der Waals surface area contributed by atoms with Crippen LogP contribution in [0.1, 0.15) is 24.8 Å². The first-order valence-corrected chi connectivity index (χ1v) is 12.2. The number of hydrogen-bond acceptors (Lipinski definition) is 8. The lowest BCUT2D eigenvalue weighted by Gasteiger charge is -2.24. The fourth-order valence-electron chi connectivity index (χ4n) is 2.98. The molecule has 0 aliphatic carbocycles. The number of thioether (sulfide) groups is 1. The van der Waals surface area contributed by atoms with Crippen LogP contribution in [-0.2, 0) is 30.4 Å². The van der Waals surface area contributed by atoms with E-state index in [1.807, 2.05) is 6.26 Å². The maximum Gasteiger partial charge on any atom is 0.326 e. The number of hydrogen-bond donors (Lipinski definition) is 7. The molecular weight excluding hydrogens is 480 g/mol. The van der Waals surface area contributed by atoms with Crippen LogP contribution < -0.4 is 21.7 Å². The Bertz CT molecular complexity index is 870. The lowest BCUT2D eigenvalue weighted by molar-refractivity contribution is -0.142. The second-order valence-corrected chi connectivity index (χ2v) is 8.70. The molecule has 0 heterocycles. The predicted molar refractivity (Wildman–Crippen MR) is 129 cm³/mol. The summed E-state index contributed by atoms with van der Waals surface area (Å²) in [5, 5.41) is 34.9. The molecule has 194 valence electrons. The Morgan fingerprint density at radius 1 is 0.886 bits per heavy atom. The first-order valence-electron chi connectivity index (χ1n) is 10.8. The summed E-state index contributed by atoms with van der Waals surface area (Å²) in [5.41, 5.74) is 6.45. The molecule has 0 fully saturated rings. The van der Waals surface area contributed by atoms with Crippen molar-refractivity contribution in [2.45, 2.75) is 49.9 Å². The van der Waals surface area contributed by atoms with E-state index >= 15 is 0 Å². The van der Waals surface area contributed by atoms with Crippen LogP contribution in [0.2, 0.25) is 0 Å². The van der Waals surface area contributed by atoms with Gasteiger partial charge in [-0.1, -0.05) is 30.3 Å². The van der Waals surface area contributed by atoms with E-state index < -0.39 is 66.9 Å². The van der Waals surface area contributed by atoms with Crippen LogP contribution in [0.25, 0.3) is 0 Å². The minimum absolute atomic E-state index is 0.0285. The van der Waals surface area contributed by atoms with Gasteiger partial charge in [-0.05, 0) is 30.4 Å². The van der Waals surface area contributed by atoms with Gasteiger partial charge in [-0.3, -0.25) is 19.2 Å². The molecule has 1 rings (SSSR count). The summed E-state index contributed by atoms with van der Waals surface area (Å²) in [4.78, 5) is 60.3. The van der Waals surface area contributed by atoms with E-state index in [9.17, 15) is 34.2 Å². The Morgan fingerprint density at radius 3 is 2.00 bits per heavy atom. The lowest BCUT2D eigenvalue weighted by atomic mass is 10.1. The van der Waals surface area contributed by atoms with Gasteiger partial charge in [0.25, 0.3) is 0 Å². The van der Waals surface area contributed by atoms with Gasteiger partial charge in [0.15, 0.2) is 0 Å². The van der Waals surface area contributed by atoms with E-state index in [0.717, 1.165) is 0 Å². The molecule has 0 bridgehead atoms. The minimum Gasteiger partial charge on any atom is -0.481 e. The van der Waals surface area contributed by atoms with Crippen LogP contribution in [0.5, 0.6) is 0 Å². The van der Waals surface area contributed by atoms with Crippen LogP contribution >= 0.6 is 11.8 Å². The van der Waals surface area contributed by atoms with Crippen LogP contribution in [0.15, 0.2) is 30.3 Å². The zero-order valence-electron chi connectivity index (χ0n) is 19.3. The normalized spacial score (nSPS) is 14.1. The summed E-state index contributed by atoms with van der Waals surface area (Å²) in [7, 11) is 0. The summed E-state index contributed by atoms with van der Waals surface area (Å²) >= 11 is 1.48. The predicted octanol–water partition coefficient (Wildman–Crippen LogP) is -1.29. The highest BCUT2D eigenvalue weighted by molar-refractivity contribution is 7.98. The summed E-state index contributed by atoms with van der Waals surface area (Å²) in [6.07, 6.45) is 1.40. The fraction of sp³-hybridized carbons (Fsp3) is 0.500. The van der Waals surface area contributed by atoms with Crippen molar-refractivity contribution in [2.75, 3.05) is 18.6 Å². The van der Waals surface area contributed by atoms with E-state index in [1.165, 1.54) is 11.8 Å². The van der Waals surface area contributed by atoms with Crippen molar-refractivity contribution < 1.29 is 39.3 Å². The van der Waals surface area contributed by atoms with Gasteiger partial charge < -0.3 is 37.0 Å². The molecule has 0 saturated heterocycles. The van der Waals surface area contributed by atoms with Gasteiger partial charge >= 0.3 is 11.9 Å². The molecule has 0 saturated carbocycles. The van der Waals surface area contributed by atoms with Crippen LogP contribution in [0, 0.1) is 0 Å². The highest BCUT2D eigenvalue weighted by Crippen LogP contribution is 2.05. The molecule has 0 spiro atoms. The van der Waals surface area contributed by atoms with E-state index in [0.29, 0.717) is 17.7 Å². The highest BCUT2D eigenvalue weighted by Gasteiger charge is 2.30. The minimum atomic E-state index is -1.53. The molecule has 35 heavy (non-hydrogen) atoms. The SMILES string of the molecule is CSCCC(N)C(=O)NC(CCC(=O)O)C(=O)NC(CO)C(=O)NC(Cc1ccccc1)C(=O)O. The molecule has 4 atom stereocenters. The first kappa shape index (κ1) is 29.9. The largest absolute Gasteiger partial charge is 0.481 e. The second kappa shape index (κ2) is 15.7. The topological polar surface area (TPSA) is 208 Å². The van der Waals surface area contributed by atoms with Crippen molar-refractivity contribution in [1.29, 1.82) is 0 Å². The summed E-state index contributed by atoms with van der Waals surface area (Å²) < 4.78 is 0. The van der Waals surface area contributed by atoms with Crippen LogP contribution in [0.3, 0.4) is 0 Å². The fourth-order valence-corrected chi connectivity index (χ4v) is 3.47. The summed E-state index contributed by atoms with van der Waals surface area (Å²) in [5.74, 6) is -4.45. The van der Waals surface area contributed by atoms with Gasteiger partial charge in [-0.2, -0.15) is 11.8 Å². The van der Waals surface area contributed by atoms with Gasteiger partial charge in [0, 0.05) is 12.8 Å². The van der Waals surface area contributed by atoms with E-state index in [1.54, 1.807) is 30.3 Å². The number of rotatable bonds is 16. The van der Waals surface area contributed by atoms with Gasteiger partial charge in [0.2, 0.25) is 17.7 Å². The average molecular weight is 513 g/mol. The van der Waals surface area contributed by atoms with Gasteiger partial charge in [-0.25, -0.2) is 4.79 Å². The number of aliphatic hydroxyl groups is 1. The van der Waals surface area contributed by atoms with Crippen molar-refractivity contribution in [3.8, 4) is 0 Å². The monoisotopic (exact) mass is 512 g/mol. The molecule has 0 aliphatic heterocycles. The number of carbonyl (C=O) groups is 5. The highest BCUT2D eigenvalue weighted by atomic mass is 32.2. The lowest BCUT2D eigenvalue weighted by Crippen LogP contribution is -2.58. The summed E-state index contributed by atoms with van der Waals surface area (Å²) in [6.45, 7) is -0.859. The van der Waals surface area contributed by atoms with Gasteiger partial charge in [-0.15, -0.1) is 0 Å². The Kier molecular flexibility index (Phi) is 13.4. The Labute approximate surface area is 207 Å². The third-order valence-corrected chi connectivity index (χ3v) is 5.61. The molecule has 8 N–H and O–H groups in total. The molecule has 0 aliphatic rings. The quantitative estimate of drug-likeness (QED) is 0.139. The number of nitrogens with two attached hydrogens (primary N) is 1. The standard InChI is InChI=1S/C22H32N4O8S/c1-35-10-9-14(23)19(30)24-15(7-8-18(28)29)20(31)26-17(12-27)21(32)25-16(22(33)34)11-13-5-3-2-4-6-13/h2-6,14-17,27H,7-12,23H2,1H3,(H,24,30)(H,25,32)(H,26,31)(H,28,29)(H,33,34). The second-order valence-electron chi connectivity index (χ2n) is 7.71. The van der Waals surface area contributed by atoms with Crippen molar-refractivity contribution in [1.82, 2.24) is 16.0 Å². The maximum absolute atomic E-state index is 12.7. The molecule has 3 amide bonds. The zero-order valence-corrected chi connectivity index (χ0v) is 20.1. The van der Waals surface area contributed by atoms with Gasteiger partial charge in [0.05, 0.1) is 12.6 Å². The number of carboxylic acid groups (broad SMARTS) is 2. The molecular formula is C22H32N4O8S. The molecule has 13 heteroatoms. The number of aliphatic carboxylic acids is 2. The van der Waals surface area contributed by atoms with Crippen LogP contribution in [-0.4, -0.2) is 87.8 Å². The van der Waals surface area contributed by atoms with Crippen LogP contribution in [0.4, 0.5) is 0 Å². The Morgan fingerprint density at radius 2 is 1.46 bits per heavy atom.